The number of hydrogen-bond acceptors (Lipinski definition) is 4. The lowest BCUT2D eigenvalue weighted by molar-refractivity contribution is -0.858. The maximum absolute atomic E-state index is 6.29. The molecule has 0 aromatic heterocycles. The molecule has 0 saturated heterocycles. The Morgan fingerprint density at radius 2 is 0.865 bits per heavy atom. The second kappa shape index (κ2) is 30.9. The molecule has 228 valence electrons. The Kier molecular flexibility index (Phi) is 34.9. The molecule has 2 N–H and O–H groups in total. The predicted molar refractivity (Wildman–Crippen MR) is 148 cm³/mol. The van der Waals surface area contributed by atoms with Gasteiger partial charge in [0, 0.05) is 25.2 Å². The van der Waals surface area contributed by atoms with Gasteiger partial charge >= 0.3 is 0 Å². The zero-order chi connectivity index (χ0) is 26.0. The molecule has 0 aliphatic carbocycles. The maximum Gasteiger partial charge on any atom is 0.100 e. The van der Waals surface area contributed by atoms with Crippen LogP contribution in [0.25, 0.3) is 0 Å². The van der Waals surface area contributed by atoms with E-state index in [0.29, 0.717) is 0 Å². The van der Waals surface area contributed by atoms with Gasteiger partial charge in [-0.3, -0.25) is 0 Å². The van der Waals surface area contributed by atoms with Crippen LogP contribution in [0, 0.1) is 5.41 Å². The van der Waals surface area contributed by atoms with Crippen molar-refractivity contribution in [1.29, 1.82) is 0 Å². The van der Waals surface area contributed by atoms with Crippen molar-refractivity contribution in [3.63, 3.8) is 0 Å². The van der Waals surface area contributed by atoms with Gasteiger partial charge in [-0.15, -0.1) is 0 Å². The van der Waals surface area contributed by atoms with Crippen LogP contribution >= 0.6 is 0 Å². The molecular weight excluding hydrogens is 511 g/mol. The van der Waals surface area contributed by atoms with Gasteiger partial charge in [0.15, 0.2) is 0 Å². The Hall–Kier alpha value is 0.340. The third-order valence-electron chi connectivity index (χ3n) is 6.50. The minimum Gasteiger partial charge on any atom is -1.00 e. The van der Waals surface area contributed by atoms with Crippen molar-refractivity contribution < 1.29 is 53.6 Å². The molecule has 0 aromatic carbocycles. The minimum absolute atomic E-state index is 0. The van der Waals surface area contributed by atoms with Gasteiger partial charge in [0.1, 0.15) is 13.1 Å². The smallest absolute Gasteiger partial charge is 0.100 e. The molecule has 0 heterocycles. The van der Waals surface area contributed by atoms with E-state index in [2.05, 4.69) is 42.0 Å². The molecule has 0 radical (unpaired) electrons. The van der Waals surface area contributed by atoms with Crippen molar-refractivity contribution in [3.05, 3.63) is 0 Å². The Labute approximate surface area is 243 Å². The van der Waals surface area contributed by atoms with Crippen LogP contribution in [-0.4, -0.2) is 94.1 Å². The first-order valence-corrected chi connectivity index (χ1v) is 14.8. The van der Waals surface area contributed by atoms with Gasteiger partial charge in [-0.2, -0.15) is 0 Å². The fraction of sp³-hybridized carbons (Fsp3) is 1.00. The quantitative estimate of drug-likeness (QED) is 0.0981. The van der Waals surface area contributed by atoms with Crippen molar-refractivity contribution in [2.45, 2.75) is 90.9 Å². The normalized spacial score (nSPS) is 11.7. The second-order valence-corrected chi connectivity index (χ2v) is 11.1. The Morgan fingerprint density at radius 3 is 1.38 bits per heavy atom. The summed E-state index contributed by atoms with van der Waals surface area (Å²) in [4.78, 5) is 2.84. The molecule has 0 unspecified atom stereocenters. The second-order valence-electron chi connectivity index (χ2n) is 11.1. The zero-order valence-corrected chi connectivity index (χ0v) is 27.0. The van der Waals surface area contributed by atoms with Gasteiger partial charge < -0.3 is 53.6 Å². The molecule has 0 saturated carbocycles. The van der Waals surface area contributed by atoms with E-state index < -0.39 is 0 Å². The summed E-state index contributed by atoms with van der Waals surface area (Å²) in [6.07, 6.45) is 14.7. The molecule has 0 aromatic rings. The van der Waals surface area contributed by atoms with Gasteiger partial charge in [-0.25, -0.2) is 0 Å². The number of quaternary nitrogens is 2. The summed E-state index contributed by atoms with van der Waals surface area (Å²) in [5, 5.41) is 0. The van der Waals surface area contributed by atoms with E-state index in [-0.39, 0.29) is 30.2 Å². The van der Waals surface area contributed by atoms with Crippen LogP contribution in [0.5, 0.6) is 0 Å². The fourth-order valence-corrected chi connectivity index (χ4v) is 3.97. The summed E-state index contributed by atoms with van der Waals surface area (Å²) >= 11 is 0. The fourth-order valence-electron chi connectivity index (χ4n) is 3.97. The van der Waals surface area contributed by atoms with Crippen LogP contribution in [0.3, 0.4) is 0 Å². The summed E-state index contributed by atoms with van der Waals surface area (Å²) in [7, 11) is 8.70. The van der Waals surface area contributed by atoms with Gasteiger partial charge in [0.25, 0.3) is 0 Å². The van der Waals surface area contributed by atoms with E-state index in [9.17, 15) is 0 Å². The lowest BCUT2D eigenvalue weighted by Gasteiger charge is -2.33. The zero-order valence-electron chi connectivity index (χ0n) is 25.4. The predicted octanol–water partition coefficient (Wildman–Crippen LogP) is -2.94. The van der Waals surface area contributed by atoms with Crippen molar-refractivity contribution in [2.75, 3.05) is 94.1 Å². The molecular formula is C29H64Cl2N2O4. The summed E-state index contributed by atoms with van der Waals surface area (Å²) < 4.78 is 24.5. The molecule has 0 bridgehead atoms. The summed E-state index contributed by atoms with van der Waals surface area (Å²) in [5.74, 6) is 0. The topological polar surface area (TPSA) is 45.8 Å². The molecule has 37 heavy (non-hydrogen) atoms. The highest BCUT2D eigenvalue weighted by atomic mass is 35.5. The third kappa shape index (κ3) is 29.2. The SMILES string of the molecule is CCCCCCCCOCC(CCCCCOCCCC)(COCC[NH+](C)C)COCC[NH+](C)C.[Cl-].[Cl-]. The molecule has 0 fully saturated rings. The number of likely N-dealkylation sites (N-methyl/N-ethyl adjacent to an activating group) is 2. The number of nitrogens with one attached hydrogen (secondary N) is 2. The Morgan fingerprint density at radius 1 is 0.459 bits per heavy atom. The number of ether oxygens (including phenoxy) is 4. The highest BCUT2D eigenvalue weighted by Gasteiger charge is 2.31. The lowest BCUT2D eigenvalue weighted by Crippen LogP contribution is -3.06. The standard InChI is InChI=1S/C29H62N2O4.2ClH/c1-7-9-11-12-13-16-23-33-26-29(27-34-24-19-30(3)4,28-35-25-20-31(5)6)18-15-14-17-22-32-21-10-8-2;;/h7-28H2,1-6H3;2*1H. The van der Waals surface area contributed by atoms with E-state index in [1.165, 1.54) is 61.2 Å². The van der Waals surface area contributed by atoms with Crippen molar-refractivity contribution in [2.24, 2.45) is 5.41 Å². The van der Waals surface area contributed by atoms with E-state index >= 15 is 0 Å². The highest BCUT2D eigenvalue weighted by Crippen LogP contribution is 2.28. The lowest BCUT2D eigenvalue weighted by atomic mass is 9.84. The molecule has 0 atom stereocenters. The molecule has 0 aliphatic heterocycles. The average Bonchev–Trinajstić information content (AvgIpc) is 2.82. The van der Waals surface area contributed by atoms with E-state index in [1.54, 1.807) is 0 Å². The Balaban J connectivity index is -0.00000578. The largest absolute Gasteiger partial charge is 1.00 e. The first kappa shape index (κ1) is 41.8. The van der Waals surface area contributed by atoms with Crippen LogP contribution in [-0.2, 0) is 18.9 Å². The van der Waals surface area contributed by atoms with E-state index in [4.69, 9.17) is 18.9 Å². The highest BCUT2D eigenvalue weighted by molar-refractivity contribution is 4.79. The summed E-state index contributed by atoms with van der Waals surface area (Å²) in [6, 6.07) is 0. The average molecular weight is 576 g/mol. The monoisotopic (exact) mass is 574 g/mol. The van der Waals surface area contributed by atoms with Crippen molar-refractivity contribution >= 4 is 0 Å². The first-order chi connectivity index (χ1) is 17.0. The summed E-state index contributed by atoms with van der Waals surface area (Å²) in [5.41, 5.74) is -0.0609. The summed E-state index contributed by atoms with van der Waals surface area (Å²) in [6.45, 7) is 12.9. The van der Waals surface area contributed by atoms with Crippen LogP contribution in [0.4, 0.5) is 0 Å². The molecule has 8 heteroatoms. The minimum atomic E-state index is -0.0609. The third-order valence-corrected chi connectivity index (χ3v) is 6.50. The maximum atomic E-state index is 6.29. The Bertz CT molecular complexity index is 395. The number of hydrogen-bond donors (Lipinski definition) is 2. The van der Waals surface area contributed by atoms with Gasteiger partial charge in [-0.05, 0) is 25.7 Å². The first-order valence-electron chi connectivity index (χ1n) is 14.8. The van der Waals surface area contributed by atoms with Crippen molar-refractivity contribution in [1.82, 2.24) is 0 Å². The van der Waals surface area contributed by atoms with E-state index in [1.807, 2.05) is 0 Å². The van der Waals surface area contributed by atoms with Gasteiger partial charge in [-0.1, -0.05) is 65.2 Å². The molecule has 0 rings (SSSR count). The van der Waals surface area contributed by atoms with E-state index in [0.717, 1.165) is 91.6 Å². The van der Waals surface area contributed by atoms with Crippen LogP contribution < -0.4 is 34.6 Å². The number of rotatable bonds is 28. The van der Waals surface area contributed by atoms with Crippen LogP contribution in [0.15, 0.2) is 0 Å². The molecule has 0 aliphatic rings. The number of halogens is 2. The molecule has 6 nitrogen and oxygen atoms in total. The molecule has 0 amide bonds. The van der Waals surface area contributed by atoms with Crippen LogP contribution in [0.1, 0.15) is 90.9 Å². The van der Waals surface area contributed by atoms with Gasteiger partial charge in [0.05, 0.1) is 61.2 Å². The van der Waals surface area contributed by atoms with Crippen LogP contribution in [0.2, 0.25) is 0 Å². The van der Waals surface area contributed by atoms with Crippen molar-refractivity contribution in [3.8, 4) is 0 Å². The van der Waals surface area contributed by atoms with Gasteiger partial charge in [0.2, 0.25) is 0 Å². The number of unbranched alkanes of at least 4 members (excludes halogenated alkanes) is 8. The molecule has 0 spiro atoms.